The molecule has 1 fully saturated rings. The molecule has 0 saturated carbocycles. The van der Waals surface area contributed by atoms with Crippen molar-refractivity contribution in [3.63, 3.8) is 0 Å². The number of ether oxygens (including phenoxy) is 1. The molecule has 0 unspecified atom stereocenters. The third-order valence-electron chi connectivity index (χ3n) is 3.59. The minimum Gasteiger partial charge on any atom is -0.491 e. The Hall–Kier alpha value is -1.75. The second-order valence-corrected chi connectivity index (χ2v) is 5.02. The van der Waals surface area contributed by atoms with E-state index in [0.29, 0.717) is 13.2 Å². The lowest BCUT2D eigenvalue weighted by Gasteiger charge is -2.27. The first-order chi connectivity index (χ1) is 9.68. The second kappa shape index (κ2) is 7.14. The summed E-state index contributed by atoms with van der Waals surface area (Å²) in [7, 11) is 0. The Kier molecular flexibility index (Phi) is 5.24. The van der Waals surface area contributed by atoms with E-state index < -0.39 is 0 Å². The molecule has 110 valence electrons. The summed E-state index contributed by atoms with van der Waals surface area (Å²) in [6.07, 6.45) is 0. The number of piperazine rings is 1. The summed E-state index contributed by atoms with van der Waals surface area (Å²) in [6.45, 7) is 8.39. The SMILES string of the molecule is Cc1cccc(OCCNC(=O)N2CCNCC2)c1C. The number of carbonyl (C=O) groups excluding carboxylic acids is 1. The number of benzene rings is 1. The van der Waals surface area contributed by atoms with Gasteiger partial charge in [0.2, 0.25) is 0 Å². The Labute approximate surface area is 120 Å². The number of amides is 2. The van der Waals surface area contributed by atoms with E-state index in [0.717, 1.165) is 37.5 Å². The van der Waals surface area contributed by atoms with Gasteiger partial charge >= 0.3 is 6.03 Å². The fourth-order valence-electron chi connectivity index (χ4n) is 2.18. The predicted octanol–water partition coefficient (Wildman–Crippen LogP) is 1.30. The van der Waals surface area contributed by atoms with Gasteiger partial charge in [0.25, 0.3) is 0 Å². The van der Waals surface area contributed by atoms with Crippen molar-refractivity contribution in [3.05, 3.63) is 29.3 Å². The van der Waals surface area contributed by atoms with Crippen LogP contribution in [-0.2, 0) is 0 Å². The maximum atomic E-state index is 11.9. The second-order valence-electron chi connectivity index (χ2n) is 5.02. The summed E-state index contributed by atoms with van der Waals surface area (Å²) >= 11 is 0. The zero-order valence-electron chi connectivity index (χ0n) is 12.2. The number of rotatable bonds is 4. The molecule has 1 aliphatic heterocycles. The molecule has 1 aromatic rings. The van der Waals surface area contributed by atoms with Gasteiger partial charge < -0.3 is 20.3 Å². The molecule has 2 amide bonds. The lowest BCUT2D eigenvalue weighted by atomic mass is 10.1. The highest BCUT2D eigenvalue weighted by Gasteiger charge is 2.15. The van der Waals surface area contributed by atoms with Crippen molar-refractivity contribution < 1.29 is 9.53 Å². The Balaban J connectivity index is 1.70. The molecule has 1 aromatic carbocycles. The van der Waals surface area contributed by atoms with Gasteiger partial charge in [-0.1, -0.05) is 12.1 Å². The number of carbonyl (C=O) groups is 1. The highest BCUT2D eigenvalue weighted by molar-refractivity contribution is 5.74. The van der Waals surface area contributed by atoms with Crippen LogP contribution < -0.4 is 15.4 Å². The Morgan fingerprint density at radius 3 is 2.85 bits per heavy atom. The van der Waals surface area contributed by atoms with Crippen molar-refractivity contribution in [3.8, 4) is 5.75 Å². The normalized spacial score (nSPS) is 15.0. The van der Waals surface area contributed by atoms with Crippen molar-refractivity contribution in [2.45, 2.75) is 13.8 Å². The van der Waals surface area contributed by atoms with E-state index >= 15 is 0 Å². The van der Waals surface area contributed by atoms with Crippen LogP contribution in [0.5, 0.6) is 5.75 Å². The molecule has 0 aromatic heterocycles. The summed E-state index contributed by atoms with van der Waals surface area (Å²) in [4.78, 5) is 13.7. The molecule has 0 radical (unpaired) electrons. The quantitative estimate of drug-likeness (QED) is 0.816. The van der Waals surface area contributed by atoms with E-state index in [9.17, 15) is 4.79 Å². The van der Waals surface area contributed by atoms with Crippen LogP contribution in [-0.4, -0.2) is 50.3 Å². The van der Waals surface area contributed by atoms with Crippen molar-refractivity contribution >= 4 is 6.03 Å². The Morgan fingerprint density at radius 2 is 2.10 bits per heavy atom. The molecule has 0 spiro atoms. The largest absolute Gasteiger partial charge is 0.491 e. The number of hydrogen-bond donors (Lipinski definition) is 2. The van der Waals surface area contributed by atoms with Gasteiger partial charge in [0, 0.05) is 26.2 Å². The van der Waals surface area contributed by atoms with Crippen LogP contribution >= 0.6 is 0 Å². The molecular formula is C15H23N3O2. The number of nitrogens with zero attached hydrogens (tertiary/aromatic N) is 1. The third-order valence-corrected chi connectivity index (χ3v) is 3.59. The third kappa shape index (κ3) is 3.87. The lowest BCUT2D eigenvalue weighted by Crippen LogP contribution is -2.50. The molecule has 20 heavy (non-hydrogen) atoms. The first-order valence-electron chi connectivity index (χ1n) is 7.11. The number of hydrogen-bond acceptors (Lipinski definition) is 3. The van der Waals surface area contributed by atoms with Gasteiger partial charge in [-0.05, 0) is 31.0 Å². The van der Waals surface area contributed by atoms with E-state index in [-0.39, 0.29) is 6.03 Å². The Bertz CT molecular complexity index is 456. The van der Waals surface area contributed by atoms with E-state index in [1.165, 1.54) is 5.56 Å². The molecule has 0 bridgehead atoms. The number of nitrogens with one attached hydrogen (secondary N) is 2. The molecular weight excluding hydrogens is 254 g/mol. The van der Waals surface area contributed by atoms with Gasteiger partial charge in [0.1, 0.15) is 12.4 Å². The summed E-state index contributed by atoms with van der Waals surface area (Å²) in [5.41, 5.74) is 2.37. The zero-order valence-corrected chi connectivity index (χ0v) is 12.2. The number of urea groups is 1. The fourth-order valence-corrected chi connectivity index (χ4v) is 2.18. The van der Waals surface area contributed by atoms with E-state index in [2.05, 4.69) is 23.6 Å². The van der Waals surface area contributed by atoms with Gasteiger partial charge in [0.15, 0.2) is 0 Å². The first kappa shape index (κ1) is 14.7. The van der Waals surface area contributed by atoms with E-state index in [1.807, 2.05) is 24.0 Å². The van der Waals surface area contributed by atoms with Gasteiger partial charge in [0.05, 0.1) is 6.54 Å². The monoisotopic (exact) mass is 277 g/mol. The molecule has 0 aliphatic carbocycles. The summed E-state index contributed by atoms with van der Waals surface area (Å²) in [6, 6.07) is 6.00. The van der Waals surface area contributed by atoms with Crippen LogP contribution in [0, 0.1) is 13.8 Å². The zero-order chi connectivity index (χ0) is 14.4. The maximum absolute atomic E-state index is 11.9. The Morgan fingerprint density at radius 1 is 1.35 bits per heavy atom. The highest BCUT2D eigenvalue weighted by atomic mass is 16.5. The molecule has 2 rings (SSSR count). The lowest BCUT2D eigenvalue weighted by molar-refractivity contribution is 0.187. The van der Waals surface area contributed by atoms with E-state index in [1.54, 1.807) is 0 Å². The average Bonchev–Trinajstić information content (AvgIpc) is 2.48. The van der Waals surface area contributed by atoms with Crippen molar-refractivity contribution in [1.82, 2.24) is 15.5 Å². The molecule has 1 saturated heterocycles. The minimum atomic E-state index is -0.00364. The summed E-state index contributed by atoms with van der Waals surface area (Å²) in [5, 5.41) is 6.11. The number of aryl methyl sites for hydroxylation is 1. The van der Waals surface area contributed by atoms with Crippen LogP contribution in [0.2, 0.25) is 0 Å². The average molecular weight is 277 g/mol. The molecule has 5 nitrogen and oxygen atoms in total. The van der Waals surface area contributed by atoms with Crippen molar-refractivity contribution in [2.24, 2.45) is 0 Å². The minimum absolute atomic E-state index is 0.00364. The highest BCUT2D eigenvalue weighted by Crippen LogP contribution is 2.20. The van der Waals surface area contributed by atoms with Gasteiger partial charge in [-0.3, -0.25) is 0 Å². The summed E-state index contributed by atoms with van der Waals surface area (Å²) < 4.78 is 5.71. The van der Waals surface area contributed by atoms with E-state index in [4.69, 9.17) is 4.74 Å². The maximum Gasteiger partial charge on any atom is 0.317 e. The first-order valence-corrected chi connectivity index (χ1v) is 7.11. The van der Waals surface area contributed by atoms with Crippen LogP contribution in [0.15, 0.2) is 18.2 Å². The molecule has 5 heteroatoms. The van der Waals surface area contributed by atoms with Gasteiger partial charge in [-0.15, -0.1) is 0 Å². The van der Waals surface area contributed by atoms with Crippen LogP contribution in [0.3, 0.4) is 0 Å². The molecule has 1 aliphatic rings. The standard InChI is InChI=1S/C15H23N3O2/c1-12-4-3-5-14(13(12)2)20-11-8-17-15(19)18-9-6-16-7-10-18/h3-5,16H,6-11H2,1-2H3,(H,17,19). The predicted molar refractivity (Wildman–Crippen MR) is 79.3 cm³/mol. The molecule has 0 atom stereocenters. The van der Waals surface area contributed by atoms with Crippen molar-refractivity contribution in [1.29, 1.82) is 0 Å². The summed E-state index contributed by atoms with van der Waals surface area (Å²) in [5.74, 6) is 0.890. The fraction of sp³-hybridized carbons (Fsp3) is 0.533. The molecule has 2 N–H and O–H groups in total. The molecule has 1 heterocycles. The topological polar surface area (TPSA) is 53.6 Å². The van der Waals surface area contributed by atoms with Crippen LogP contribution in [0.1, 0.15) is 11.1 Å². The van der Waals surface area contributed by atoms with Gasteiger partial charge in [-0.2, -0.15) is 0 Å². The van der Waals surface area contributed by atoms with Crippen LogP contribution in [0.4, 0.5) is 4.79 Å². The van der Waals surface area contributed by atoms with Gasteiger partial charge in [-0.25, -0.2) is 4.79 Å². The van der Waals surface area contributed by atoms with Crippen LogP contribution in [0.25, 0.3) is 0 Å². The van der Waals surface area contributed by atoms with Crippen molar-refractivity contribution in [2.75, 3.05) is 39.3 Å². The smallest absolute Gasteiger partial charge is 0.317 e.